The van der Waals surface area contributed by atoms with Crippen LogP contribution in [0.5, 0.6) is 0 Å². The van der Waals surface area contributed by atoms with E-state index in [2.05, 4.69) is 0 Å². The summed E-state index contributed by atoms with van der Waals surface area (Å²) in [6.45, 7) is 3.94. The monoisotopic (exact) mass is 212 g/mol. The van der Waals surface area contributed by atoms with Crippen LogP contribution in [0.3, 0.4) is 0 Å². The molecule has 0 radical (unpaired) electrons. The summed E-state index contributed by atoms with van der Waals surface area (Å²) in [6, 6.07) is 7.19. The average Bonchev–Trinajstić information content (AvgIpc) is 2.75. The highest BCUT2D eigenvalue weighted by Gasteiger charge is 2.52. The summed E-state index contributed by atoms with van der Waals surface area (Å²) in [5.41, 5.74) is 0.656. The summed E-state index contributed by atoms with van der Waals surface area (Å²) in [7, 11) is 0. The van der Waals surface area contributed by atoms with Crippen molar-refractivity contribution < 1.29 is 9.84 Å². The molecule has 0 aliphatic carbocycles. The number of aliphatic hydroxyl groups excluding tert-OH is 1. The Morgan fingerprint density at radius 1 is 1.36 bits per heavy atom. The second kappa shape index (κ2) is 3.23. The summed E-state index contributed by atoms with van der Waals surface area (Å²) in [4.78, 5) is 0. The quantitative estimate of drug-likeness (QED) is 0.765. The molecule has 1 aromatic rings. The molecule has 1 fully saturated rings. The zero-order chi connectivity index (χ0) is 10.3. The van der Waals surface area contributed by atoms with E-state index in [0.29, 0.717) is 5.02 Å². The van der Waals surface area contributed by atoms with Gasteiger partial charge in [-0.1, -0.05) is 23.7 Å². The van der Waals surface area contributed by atoms with Crippen LogP contribution in [0, 0.1) is 0 Å². The minimum Gasteiger partial charge on any atom is -0.386 e. The van der Waals surface area contributed by atoms with E-state index >= 15 is 0 Å². The lowest BCUT2D eigenvalue weighted by Crippen LogP contribution is -2.12. The maximum Gasteiger partial charge on any atom is 0.117 e. The minimum atomic E-state index is -0.553. The first-order chi connectivity index (χ1) is 6.50. The van der Waals surface area contributed by atoms with Gasteiger partial charge < -0.3 is 9.84 Å². The van der Waals surface area contributed by atoms with Gasteiger partial charge in [0.25, 0.3) is 0 Å². The highest BCUT2D eigenvalue weighted by Crippen LogP contribution is 2.43. The van der Waals surface area contributed by atoms with E-state index in [-0.39, 0.29) is 11.7 Å². The van der Waals surface area contributed by atoms with Crippen molar-refractivity contribution in [1.29, 1.82) is 0 Å². The Hall–Kier alpha value is -0.570. The van der Waals surface area contributed by atoms with E-state index in [1.807, 2.05) is 26.0 Å². The van der Waals surface area contributed by atoms with Crippen LogP contribution >= 0.6 is 11.6 Å². The van der Waals surface area contributed by atoms with Crippen LogP contribution in [-0.4, -0.2) is 16.8 Å². The van der Waals surface area contributed by atoms with Crippen LogP contribution in [0.15, 0.2) is 24.3 Å². The van der Waals surface area contributed by atoms with Crippen LogP contribution in [0.2, 0.25) is 5.02 Å². The van der Waals surface area contributed by atoms with Gasteiger partial charge in [-0.15, -0.1) is 0 Å². The Balaban J connectivity index is 2.13. The van der Waals surface area contributed by atoms with Gasteiger partial charge in [-0.05, 0) is 31.5 Å². The van der Waals surface area contributed by atoms with Crippen LogP contribution in [0.25, 0.3) is 0 Å². The molecule has 1 aliphatic rings. The van der Waals surface area contributed by atoms with Crippen molar-refractivity contribution in [2.75, 3.05) is 0 Å². The second-order valence-electron chi connectivity index (χ2n) is 4.14. The first-order valence-electron chi connectivity index (χ1n) is 4.62. The molecular formula is C11H13ClO2. The van der Waals surface area contributed by atoms with Crippen molar-refractivity contribution in [2.45, 2.75) is 31.7 Å². The number of epoxide rings is 1. The van der Waals surface area contributed by atoms with Gasteiger partial charge in [-0.2, -0.15) is 0 Å². The second-order valence-corrected chi connectivity index (χ2v) is 4.57. The Bertz CT molecular complexity index is 332. The third-order valence-electron chi connectivity index (χ3n) is 2.56. The fourth-order valence-electron chi connectivity index (χ4n) is 1.57. The van der Waals surface area contributed by atoms with Crippen molar-refractivity contribution in [3.05, 3.63) is 34.9 Å². The molecule has 0 bridgehead atoms. The molecule has 14 heavy (non-hydrogen) atoms. The van der Waals surface area contributed by atoms with E-state index < -0.39 is 6.10 Å². The fraction of sp³-hybridized carbons (Fsp3) is 0.455. The highest BCUT2D eigenvalue weighted by atomic mass is 35.5. The molecule has 2 nitrogen and oxygen atoms in total. The summed E-state index contributed by atoms with van der Waals surface area (Å²) in [5.74, 6) is 0. The van der Waals surface area contributed by atoms with Gasteiger partial charge in [-0.25, -0.2) is 0 Å². The molecule has 1 heterocycles. The summed E-state index contributed by atoms with van der Waals surface area (Å²) in [6.07, 6.45) is -0.647. The van der Waals surface area contributed by atoms with Crippen LogP contribution < -0.4 is 0 Å². The lowest BCUT2D eigenvalue weighted by atomic mass is 10.00. The van der Waals surface area contributed by atoms with Crippen molar-refractivity contribution in [1.82, 2.24) is 0 Å². The fourth-order valence-corrected chi connectivity index (χ4v) is 1.70. The Morgan fingerprint density at radius 3 is 2.29 bits per heavy atom. The number of aliphatic hydroxyl groups is 1. The predicted octanol–water partition coefficient (Wildman–Crippen LogP) is 2.55. The van der Waals surface area contributed by atoms with Crippen molar-refractivity contribution in [2.24, 2.45) is 0 Å². The number of hydrogen-bond donors (Lipinski definition) is 1. The number of halogens is 1. The molecule has 0 amide bonds. The Kier molecular flexibility index (Phi) is 2.30. The Labute approximate surface area is 88.5 Å². The van der Waals surface area contributed by atoms with Crippen molar-refractivity contribution in [3.8, 4) is 0 Å². The molecule has 0 spiro atoms. The van der Waals surface area contributed by atoms with Gasteiger partial charge >= 0.3 is 0 Å². The maximum absolute atomic E-state index is 9.92. The van der Waals surface area contributed by atoms with Crippen LogP contribution in [0.4, 0.5) is 0 Å². The zero-order valence-corrected chi connectivity index (χ0v) is 8.95. The molecule has 2 atom stereocenters. The van der Waals surface area contributed by atoms with E-state index in [0.717, 1.165) is 5.56 Å². The van der Waals surface area contributed by atoms with Crippen LogP contribution in [0.1, 0.15) is 25.5 Å². The SMILES string of the molecule is CC1(C)O[C@H]1[C@H](O)c1ccc(Cl)cc1. The highest BCUT2D eigenvalue weighted by molar-refractivity contribution is 6.30. The Morgan fingerprint density at radius 2 is 1.86 bits per heavy atom. The van der Waals surface area contributed by atoms with E-state index in [4.69, 9.17) is 16.3 Å². The average molecular weight is 213 g/mol. The molecule has 1 N–H and O–H groups in total. The van der Waals surface area contributed by atoms with E-state index in [1.54, 1.807) is 12.1 Å². The van der Waals surface area contributed by atoms with E-state index in [1.165, 1.54) is 0 Å². The van der Waals surface area contributed by atoms with Crippen LogP contribution in [-0.2, 0) is 4.74 Å². The summed E-state index contributed by atoms with van der Waals surface area (Å²) in [5, 5.41) is 10.6. The summed E-state index contributed by atoms with van der Waals surface area (Å²) < 4.78 is 5.37. The number of ether oxygens (including phenoxy) is 1. The lowest BCUT2D eigenvalue weighted by Gasteiger charge is -2.08. The largest absolute Gasteiger partial charge is 0.386 e. The first-order valence-corrected chi connectivity index (χ1v) is 5.00. The van der Waals surface area contributed by atoms with Gasteiger partial charge in [0.2, 0.25) is 0 Å². The van der Waals surface area contributed by atoms with Crippen molar-refractivity contribution >= 4 is 11.6 Å². The third kappa shape index (κ3) is 1.78. The molecule has 3 heteroatoms. The lowest BCUT2D eigenvalue weighted by molar-refractivity contribution is 0.136. The van der Waals surface area contributed by atoms with Gasteiger partial charge in [0, 0.05) is 5.02 Å². The van der Waals surface area contributed by atoms with Gasteiger partial charge in [0.15, 0.2) is 0 Å². The molecule has 1 aromatic carbocycles. The molecule has 1 saturated heterocycles. The van der Waals surface area contributed by atoms with Crippen molar-refractivity contribution in [3.63, 3.8) is 0 Å². The molecule has 0 saturated carbocycles. The molecule has 2 rings (SSSR count). The predicted molar refractivity (Wildman–Crippen MR) is 55.4 cm³/mol. The topological polar surface area (TPSA) is 32.8 Å². The molecule has 0 unspecified atom stereocenters. The van der Waals surface area contributed by atoms with Gasteiger partial charge in [0.05, 0.1) is 5.60 Å². The number of rotatable bonds is 2. The van der Waals surface area contributed by atoms with Gasteiger partial charge in [0.1, 0.15) is 12.2 Å². The molecule has 0 aromatic heterocycles. The third-order valence-corrected chi connectivity index (χ3v) is 2.81. The van der Waals surface area contributed by atoms with Gasteiger partial charge in [-0.3, -0.25) is 0 Å². The standard InChI is InChI=1S/C11H13ClO2/c1-11(2)10(14-11)9(13)7-3-5-8(12)6-4-7/h3-6,9-10,13H,1-2H3/t9-,10+/m1/s1. The molecular weight excluding hydrogens is 200 g/mol. The molecule has 1 aliphatic heterocycles. The number of benzene rings is 1. The minimum absolute atomic E-state index is 0.0938. The number of hydrogen-bond acceptors (Lipinski definition) is 2. The zero-order valence-electron chi connectivity index (χ0n) is 8.20. The maximum atomic E-state index is 9.92. The molecule has 76 valence electrons. The summed E-state index contributed by atoms with van der Waals surface area (Å²) >= 11 is 5.75. The van der Waals surface area contributed by atoms with E-state index in [9.17, 15) is 5.11 Å². The first kappa shape index (κ1) is 9.97. The normalized spacial score (nSPS) is 25.9. The smallest absolute Gasteiger partial charge is 0.117 e.